The molecule has 3 aromatic heterocycles. The van der Waals surface area contributed by atoms with Gasteiger partial charge >= 0.3 is 0 Å². The van der Waals surface area contributed by atoms with Gasteiger partial charge in [0.15, 0.2) is 0 Å². The van der Waals surface area contributed by atoms with Gasteiger partial charge in [-0.05, 0) is 18.9 Å². The van der Waals surface area contributed by atoms with Crippen molar-refractivity contribution in [2.45, 2.75) is 23.6 Å². The van der Waals surface area contributed by atoms with Gasteiger partial charge in [-0.1, -0.05) is 0 Å². The first-order valence-electron chi connectivity index (χ1n) is 8.32. The van der Waals surface area contributed by atoms with Crippen LogP contribution in [-0.2, 0) is 15.6 Å². The molecule has 1 aliphatic carbocycles. The molecule has 3 heterocycles. The summed E-state index contributed by atoms with van der Waals surface area (Å²) in [6, 6.07) is 1.92. The van der Waals surface area contributed by atoms with Crippen molar-refractivity contribution in [3.8, 4) is 11.3 Å². The summed E-state index contributed by atoms with van der Waals surface area (Å²) in [4.78, 5) is 11.6. The highest BCUT2D eigenvalue weighted by Gasteiger charge is 2.51. The minimum atomic E-state index is -3.28. The molecular weight excluding hydrogens is 354 g/mol. The van der Waals surface area contributed by atoms with E-state index in [2.05, 4.69) is 20.1 Å². The maximum atomic E-state index is 12.3. The smallest absolute Gasteiger partial charge is 0.216 e. The molecule has 3 N–H and O–H groups in total. The molecule has 1 saturated carbocycles. The molecule has 1 fully saturated rings. The molecule has 26 heavy (non-hydrogen) atoms. The molecular formula is C16H21N7O2S. The second-order valence-electron chi connectivity index (χ2n) is 6.92. The Morgan fingerprint density at radius 3 is 2.85 bits per heavy atom. The van der Waals surface area contributed by atoms with Crippen LogP contribution in [0.5, 0.6) is 0 Å². The standard InChI is InChI=1S/C16H21N7O2S/c1-22(2)26(24,25)12-5-16(6-12,9-17)23-8-11(7-21-23)14-13-3-4-18-15(13)20-10-19-14/h3-4,7-8,10,12H,5-6,9,17H2,1-2H3,(H,18,19,20). The summed E-state index contributed by atoms with van der Waals surface area (Å²) >= 11 is 0. The van der Waals surface area contributed by atoms with Crippen LogP contribution in [0.1, 0.15) is 12.8 Å². The van der Waals surface area contributed by atoms with Crippen LogP contribution < -0.4 is 5.73 Å². The Hall–Kier alpha value is -2.30. The lowest BCUT2D eigenvalue weighted by atomic mass is 9.76. The fourth-order valence-corrected chi connectivity index (χ4v) is 5.19. The minimum absolute atomic E-state index is 0.330. The third-order valence-corrected chi connectivity index (χ3v) is 7.42. The van der Waals surface area contributed by atoms with Gasteiger partial charge in [0.05, 0.1) is 22.7 Å². The molecule has 0 bridgehead atoms. The molecule has 0 unspecified atom stereocenters. The molecule has 0 saturated heterocycles. The summed E-state index contributed by atoms with van der Waals surface area (Å²) in [5.74, 6) is 0. The molecule has 9 nitrogen and oxygen atoms in total. The lowest BCUT2D eigenvalue weighted by Gasteiger charge is -2.47. The predicted molar refractivity (Wildman–Crippen MR) is 97.8 cm³/mol. The van der Waals surface area contributed by atoms with E-state index in [1.165, 1.54) is 10.6 Å². The summed E-state index contributed by atoms with van der Waals surface area (Å²) in [7, 11) is -0.171. The van der Waals surface area contributed by atoms with E-state index < -0.39 is 20.8 Å². The Morgan fingerprint density at radius 2 is 2.15 bits per heavy atom. The van der Waals surface area contributed by atoms with Gasteiger partial charge in [-0.15, -0.1) is 0 Å². The van der Waals surface area contributed by atoms with Crippen molar-refractivity contribution in [2.75, 3.05) is 20.6 Å². The van der Waals surface area contributed by atoms with Crippen LogP contribution in [0.3, 0.4) is 0 Å². The van der Waals surface area contributed by atoms with Crippen molar-refractivity contribution in [1.29, 1.82) is 0 Å². The number of rotatable bonds is 5. The maximum Gasteiger partial charge on any atom is 0.216 e. The molecule has 0 spiro atoms. The summed E-state index contributed by atoms with van der Waals surface area (Å²) in [5, 5.41) is 4.95. The van der Waals surface area contributed by atoms with Gasteiger partial charge < -0.3 is 10.7 Å². The lowest BCUT2D eigenvalue weighted by Crippen LogP contribution is -2.58. The zero-order valence-electron chi connectivity index (χ0n) is 14.6. The molecule has 0 radical (unpaired) electrons. The van der Waals surface area contributed by atoms with E-state index in [1.54, 1.807) is 25.0 Å². The number of fused-ring (bicyclic) bond motifs is 1. The molecule has 1 aliphatic rings. The van der Waals surface area contributed by atoms with Crippen LogP contribution in [0.15, 0.2) is 31.0 Å². The highest BCUT2D eigenvalue weighted by Crippen LogP contribution is 2.43. The topological polar surface area (TPSA) is 123 Å². The predicted octanol–water partition coefficient (Wildman–Crippen LogP) is 0.529. The Morgan fingerprint density at radius 1 is 1.38 bits per heavy atom. The molecule has 0 aromatic carbocycles. The van der Waals surface area contributed by atoms with E-state index in [9.17, 15) is 8.42 Å². The summed E-state index contributed by atoms with van der Waals surface area (Å²) in [6.45, 7) is 0.330. The lowest BCUT2D eigenvalue weighted by molar-refractivity contribution is 0.136. The quantitative estimate of drug-likeness (QED) is 0.670. The van der Waals surface area contributed by atoms with Crippen molar-refractivity contribution in [3.63, 3.8) is 0 Å². The van der Waals surface area contributed by atoms with Crippen LogP contribution in [0.25, 0.3) is 22.3 Å². The van der Waals surface area contributed by atoms with Crippen LogP contribution in [0, 0.1) is 0 Å². The largest absolute Gasteiger partial charge is 0.346 e. The molecule has 4 rings (SSSR count). The van der Waals surface area contributed by atoms with Crippen molar-refractivity contribution in [1.82, 2.24) is 29.0 Å². The van der Waals surface area contributed by atoms with E-state index in [-0.39, 0.29) is 0 Å². The molecule has 0 atom stereocenters. The third-order valence-electron chi connectivity index (χ3n) is 5.22. The number of aromatic nitrogens is 5. The van der Waals surface area contributed by atoms with Crippen LogP contribution in [-0.4, -0.2) is 63.3 Å². The van der Waals surface area contributed by atoms with Gasteiger partial charge in [0.2, 0.25) is 10.0 Å². The monoisotopic (exact) mass is 375 g/mol. The SMILES string of the molecule is CN(C)S(=O)(=O)C1CC(CN)(n2cc(-c3ncnc4[nH]ccc34)cn2)C1. The number of sulfonamides is 1. The van der Waals surface area contributed by atoms with Crippen molar-refractivity contribution in [3.05, 3.63) is 31.0 Å². The second-order valence-corrected chi connectivity index (χ2v) is 9.35. The van der Waals surface area contributed by atoms with E-state index in [4.69, 9.17) is 5.73 Å². The molecule has 10 heteroatoms. The Bertz CT molecular complexity index is 1050. The number of hydrogen-bond donors (Lipinski definition) is 2. The zero-order valence-corrected chi connectivity index (χ0v) is 15.4. The van der Waals surface area contributed by atoms with Crippen LogP contribution in [0.4, 0.5) is 0 Å². The molecule has 138 valence electrons. The van der Waals surface area contributed by atoms with E-state index in [0.717, 1.165) is 22.3 Å². The van der Waals surface area contributed by atoms with Crippen molar-refractivity contribution in [2.24, 2.45) is 5.73 Å². The first-order chi connectivity index (χ1) is 12.4. The third kappa shape index (κ3) is 2.44. The fourth-order valence-electron chi connectivity index (χ4n) is 3.55. The zero-order chi connectivity index (χ0) is 18.5. The van der Waals surface area contributed by atoms with Gasteiger partial charge in [-0.3, -0.25) is 4.68 Å². The first kappa shape index (κ1) is 17.1. The van der Waals surface area contributed by atoms with Gasteiger partial charge in [0.1, 0.15) is 12.0 Å². The summed E-state index contributed by atoms with van der Waals surface area (Å²) in [6.07, 6.45) is 7.85. The van der Waals surface area contributed by atoms with Gasteiger partial charge in [0, 0.05) is 44.0 Å². The van der Waals surface area contributed by atoms with E-state index in [0.29, 0.717) is 19.4 Å². The first-order valence-corrected chi connectivity index (χ1v) is 9.83. The van der Waals surface area contributed by atoms with E-state index >= 15 is 0 Å². The average molecular weight is 375 g/mol. The minimum Gasteiger partial charge on any atom is -0.346 e. The number of nitrogens with one attached hydrogen (secondary N) is 1. The molecule has 0 amide bonds. The van der Waals surface area contributed by atoms with Crippen molar-refractivity contribution < 1.29 is 8.42 Å². The molecule has 3 aromatic rings. The number of nitrogens with two attached hydrogens (primary N) is 1. The van der Waals surface area contributed by atoms with Crippen LogP contribution >= 0.6 is 0 Å². The van der Waals surface area contributed by atoms with Gasteiger partial charge in [0.25, 0.3) is 0 Å². The number of hydrogen-bond acceptors (Lipinski definition) is 6. The Kier molecular flexibility index (Phi) is 3.86. The summed E-state index contributed by atoms with van der Waals surface area (Å²) < 4.78 is 27.7. The molecule has 0 aliphatic heterocycles. The van der Waals surface area contributed by atoms with Crippen molar-refractivity contribution >= 4 is 21.1 Å². The van der Waals surface area contributed by atoms with E-state index in [1.807, 2.05) is 18.5 Å². The highest BCUT2D eigenvalue weighted by molar-refractivity contribution is 7.89. The average Bonchev–Trinajstić information content (AvgIpc) is 3.23. The Balaban J connectivity index is 1.65. The normalized spacial score (nSPS) is 23.5. The number of aromatic amines is 1. The fraction of sp³-hybridized carbons (Fsp3) is 0.438. The van der Waals surface area contributed by atoms with Gasteiger partial charge in [-0.25, -0.2) is 22.7 Å². The Labute approximate surface area is 151 Å². The maximum absolute atomic E-state index is 12.3. The number of H-pyrrole nitrogens is 1. The van der Waals surface area contributed by atoms with Gasteiger partial charge in [-0.2, -0.15) is 5.10 Å². The van der Waals surface area contributed by atoms with Crippen LogP contribution in [0.2, 0.25) is 0 Å². The summed E-state index contributed by atoms with van der Waals surface area (Å²) in [5.41, 5.74) is 7.92. The number of nitrogens with zero attached hydrogens (tertiary/aromatic N) is 5. The second kappa shape index (κ2) is 5.86. The highest BCUT2D eigenvalue weighted by atomic mass is 32.2.